The minimum absolute atomic E-state index is 0.0413. The van der Waals surface area contributed by atoms with Crippen LogP contribution in [-0.4, -0.2) is 69.7 Å². The maximum atomic E-state index is 11.3. The van der Waals surface area contributed by atoms with Crippen molar-refractivity contribution in [2.45, 2.75) is 18.9 Å². The molecule has 0 aliphatic rings. The number of carbonyl (C=O) groups is 1. The van der Waals surface area contributed by atoms with Crippen molar-refractivity contribution in [3.8, 4) is 0 Å². The highest BCUT2D eigenvalue weighted by atomic mass is 16.5. The van der Waals surface area contributed by atoms with E-state index in [0.29, 0.717) is 13.0 Å². The Morgan fingerprint density at radius 1 is 1.38 bits per heavy atom. The zero-order valence-electron chi connectivity index (χ0n) is 10.9. The Hall–Kier alpha value is -0.650. The lowest BCUT2D eigenvalue weighted by molar-refractivity contribution is -0.128. The fraction of sp³-hybridized carbons (Fsp3) is 0.909. The Balaban J connectivity index is 3.57. The summed E-state index contributed by atoms with van der Waals surface area (Å²) in [6, 6.07) is 0.0413. The predicted molar refractivity (Wildman–Crippen MR) is 65.3 cm³/mol. The van der Waals surface area contributed by atoms with E-state index < -0.39 is 0 Å². The molecule has 96 valence electrons. The summed E-state index contributed by atoms with van der Waals surface area (Å²) in [5.74, 6) is 0.176. The number of ether oxygens (including phenoxy) is 1. The van der Waals surface area contributed by atoms with Crippen molar-refractivity contribution < 1.29 is 9.53 Å². The fourth-order valence-corrected chi connectivity index (χ4v) is 1.48. The van der Waals surface area contributed by atoms with E-state index in [0.717, 1.165) is 19.5 Å². The molecule has 0 aromatic rings. The van der Waals surface area contributed by atoms with E-state index in [2.05, 4.69) is 4.90 Å². The Morgan fingerprint density at radius 2 is 2.00 bits per heavy atom. The van der Waals surface area contributed by atoms with Crippen molar-refractivity contribution in [3.63, 3.8) is 0 Å². The third-order valence-corrected chi connectivity index (χ3v) is 2.36. The molecule has 1 unspecified atom stereocenters. The molecule has 0 bridgehead atoms. The molecule has 0 radical (unpaired) electrons. The third-order valence-electron chi connectivity index (χ3n) is 2.36. The van der Waals surface area contributed by atoms with Gasteiger partial charge in [0, 0.05) is 40.2 Å². The first-order chi connectivity index (χ1) is 7.47. The van der Waals surface area contributed by atoms with Crippen LogP contribution >= 0.6 is 0 Å². The zero-order valence-corrected chi connectivity index (χ0v) is 10.9. The summed E-state index contributed by atoms with van der Waals surface area (Å²) < 4.78 is 4.97. The normalized spacial score (nSPS) is 12.9. The molecule has 16 heavy (non-hydrogen) atoms. The van der Waals surface area contributed by atoms with E-state index in [1.54, 1.807) is 26.1 Å². The van der Waals surface area contributed by atoms with Crippen molar-refractivity contribution in [1.82, 2.24) is 9.80 Å². The van der Waals surface area contributed by atoms with Crippen LogP contribution in [0.25, 0.3) is 0 Å². The van der Waals surface area contributed by atoms with Crippen LogP contribution in [-0.2, 0) is 9.53 Å². The molecule has 5 heteroatoms. The lowest BCUT2D eigenvalue weighted by Gasteiger charge is -2.20. The van der Waals surface area contributed by atoms with Crippen molar-refractivity contribution in [2.75, 3.05) is 47.9 Å². The van der Waals surface area contributed by atoms with Crippen LogP contribution in [0, 0.1) is 0 Å². The minimum Gasteiger partial charge on any atom is -0.383 e. The first-order valence-corrected chi connectivity index (χ1v) is 5.60. The van der Waals surface area contributed by atoms with Gasteiger partial charge in [0.1, 0.15) is 0 Å². The van der Waals surface area contributed by atoms with Gasteiger partial charge in [0.2, 0.25) is 5.91 Å². The Kier molecular flexibility index (Phi) is 8.15. The second kappa shape index (κ2) is 8.50. The minimum atomic E-state index is 0.0413. The molecule has 0 fully saturated rings. The average molecular weight is 231 g/mol. The number of likely N-dealkylation sites (N-methyl/N-ethyl adjacent to an activating group) is 1. The summed E-state index contributed by atoms with van der Waals surface area (Å²) in [7, 11) is 7.21. The standard InChI is InChI=1S/C11H25N3O2/c1-13(2)11(15)6-5-7-14(3)8-10(12)9-16-4/h10H,5-9,12H2,1-4H3. The van der Waals surface area contributed by atoms with E-state index in [1.807, 2.05) is 7.05 Å². The molecule has 1 amide bonds. The van der Waals surface area contributed by atoms with Gasteiger partial charge in [-0.15, -0.1) is 0 Å². The van der Waals surface area contributed by atoms with Gasteiger partial charge in [-0.1, -0.05) is 0 Å². The SMILES string of the molecule is COCC(N)CN(C)CCCC(=O)N(C)C. The molecule has 0 rings (SSSR count). The maximum Gasteiger partial charge on any atom is 0.222 e. The fourth-order valence-electron chi connectivity index (χ4n) is 1.48. The average Bonchev–Trinajstić information content (AvgIpc) is 2.17. The molecule has 0 aromatic carbocycles. The molecule has 0 aliphatic carbocycles. The summed E-state index contributed by atoms with van der Waals surface area (Å²) in [5, 5.41) is 0. The number of nitrogens with zero attached hydrogens (tertiary/aromatic N) is 2. The van der Waals surface area contributed by atoms with Crippen molar-refractivity contribution in [1.29, 1.82) is 0 Å². The Labute approximate surface area is 98.5 Å². The van der Waals surface area contributed by atoms with Gasteiger partial charge >= 0.3 is 0 Å². The third kappa shape index (κ3) is 7.62. The van der Waals surface area contributed by atoms with Crippen molar-refractivity contribution >= 4 is 5.91 Å². The van der Waals surface area contributed by atoms with Crippen molar-refractivity contribution in [2.24, 2.45) is 5.73 Å². The molecule has 2 N–H and O–H groups in total. The second-order valence-corrected chi connectivity index (χ2v) is 4.37. The van der Waals surface area contributed by atoms with E-state index in [4.69, 9.17) is 10.5 Å². The van der Waals surface area contributed by atoms with Gasteiger partial charge in [-0.25, -0.2) is 0 Å². The highest BCUT2D eigenvalue weighted by molar-refractivity contribution is 5.75. The molecule has 5 nitrogen and oxygen atoms in total. The number of carbonyl (C=O) groups excluding carboxylic acids is 1. The first-order valence-electron chi connectivity index (χ1n) is 5.60. The molecule has 0 aliphatic heterocycles. The van der Waals surface area contributed by atoms with Crippen LogP contribution in [0.15, 0.2) is 0 Å². The van der Waals surface area contributed by atoms with Gasteiger partial charge in [0.15, 0.2) is 0 Å². The molecule has 0 heterocycles. The monoisotopic (exact) mass is 231 g/mol. The van der Waals surface area contributed by atoms with Gasteiger partial charge in [0.25, 0.3) is 0 Å². The second-order valence-electron chi connectivity index (χ2n) is 4.37. The van der Waals surface area contributed by atoms with E-state index >= 15 is 0 Å². The summed E-state index contributed by atoms with van der Waals surface area (Å²) >= 11 is 0. The summed E-state index contributed by atoms with van der Waals surface area (Å²) in [5.41, 5.74) is 5.82. The van der Waals surface area contributed by atoms with Gasteiger partial charge in [-0.05, 0) is 20.0 Å². The number of methoxy groups -OCH3 is 1. The first kappa shape index (κ1) is 15.3. The number of rotatable bonds is 8. The molecule has 0 spiro atoms. The van der Waals surface area contributed by atoms with Gasteiger partial charge in [-0.3, -0.25) is 4.79 Å². The highest BCUT2D eigenvalue weighted by Crippen LogP contribution is 1.97. The largest absolute Gasteiger partial charge is 0.383 e. The van der Waals surface area contributed by atoms with Crippen LogP contribution in [0.1, 0.15) is 12.8 Å². The molecule has 0 aromatic heterocycles. The smallest absolute Gasteiger partial charge is 0.222 e. The van der Waals surface area contributed by atoms with Crippen LogP contribution in [0.3, 0.4) is 0 Å². The highest BCUT2D eigenvalue weighted by Gasteiger charge is 2.08. The number of amides is 1. The van der Waals surface area contributed by atoms with E-state index in [1.165, 1.54) is 0 Å². The molecular formula is C11H25N3O2. The summed E-state index contributed by atoms with van der Waals surface area (Å²) in [6.45, 7) is 2.25. The molecule has 0 saturated heterocycles. The molecular weight excluding hydrogens is 206 g/mol. The topological polar surface area (TPSA) is 58.8 Å². The number of hydrogen-bond donors (Lipinski definition) is 1. The lowest BCUT2D eigenvalue weighted by atomic mass is 10.2. The van der Waals surface area contributed by atoms with Crippen LogP contribution in [0.5, 0.6) is 0 Å². The van der Waals surface area contributed by atoms with Crippen molar-refractivity contribution in [3.05, 3.63) is 0 Å². The van der Waals surface area contributed by atoms with E-state index in [-0.39, 0.29) is 11.9 Å². The maximum absolute atomic E-state index is 11.3. The zero-order chi connectivity index (χ0) is 12.6. The summed E-state index contributed by atoms with van der Waals surface area (Å²) in [4.78, 5) is 15.1. The quantitative estimate of drug-likeness (QED) is 0.626. The van der Waals surface area contributed by atoms with Gasteiger partial charge in [-0.2, -0.15) is 0 Å². The Morgan fingerprint density at radius 3 is 2.50 bits per heavy atom. The predicted octanol–water partition coefficient (Wildman–Crippen LogP) is -0.240. The van der Waals surface area contributed by atoms with Crippen LogP contribution < -0.4 is 5.73 Å². The Bertz CT molecular complexity index is 198. The number of hydrogen-bond acceptors (Lipinski definition) is 4. The summed E-state index contributed by atoms with van der Waals surface area (Å²) in [6.07, 6.45) is 1.46. The van der Waals surface area contributed by atoms with E-state index in [9.17, 15) is 4.79 Å². The van der Waals surface area contributed by atoms with Crippen LogP contribution in [0.2, 0.25) is 0 Å². The van der Waals surface area contributed by atoms with Crippen LogP contribution in [0.4, 0.5) is 0 Å². The number of nitrogens with two attached hydrogens (primary N) is 1. The van der Waals surface area contributed by atoms with Gasteiger partial charge < -0.3 is 20.3 Å². The lowest BCUT2D eigenvalue weighted by Crippen LogP contribution is -2.39. The molecule has 0 saturated carbocycles. The van der Waals surface area contributed by atoms with Gasteiger partial charge in [0.05, 0.1) is 6.61 Å². The molecule has 1 atom stereocenters.